The lowest BCUT2D eigenvalue weighted by Gasteiger charge is -2.32. The first-order chi connectivity index (χ1) is 17.4. The van der Waals surface area contributed by atoms with Gasteiger partial charge < -0.3 is 19.1 Å². The van der Waals surface area contributed by atoms with Crippen molar-refractivity contribution in [1.82, 2.24) is 14.4 Å². The molecule has 1 aromatic carbocycles. The molecule has 2 aromatic rings. The van der Waals surface area contributed by atoms with E-state index >= 15 is 0 Å². The van der Waals surface area contributed by atoms with Gasteiger partial charge >= 0.3 is 0 Å². The fraction of sp³-hybridized carbons (Fsp3) is 0.586. The number of ether oxygens (including phenoxy) is 1. The van der Waals surface area contributed by atoms with Crippen molar-refractivity contribution in [2.75, 3.05) is 33.4 Å². The summed E-state index contributed by atoms with van der Waals surface area (Å²) in [5.74, 6) is 0.485. The maximum Gasteiger partial charge on any atom is 0.242 e. The highest BCUT2D eigenvalue weighted by molar-refractivity contribution is 6.31. The quantitative estimate of drug-likeness (QED) is 0.325. The molecule has 7 heteroatoms. The highest BCUT2D eigenvalue weighted by atomic mass is 35.5. The maximum atomic E-state index is 13.6. The van der Waals surface area contributed by atoms with E-state index in [4.69, 9.17) is 16.3 Å². The molecule has 1 heterocycles. The Morgan fingerprint density at radius 2 is 1.83 bits per heavy atom. The summed E-state index contributed by atoms with van der Waals surface area (Å²) in [6.45, 7) is 7.27. The predicted octanol–water partition coefficient (Wildman–Crippen LogP) is 5.62. The maximum absolute atomic E-state index is 13.6. The lowest BCUT2D eigenvalue weighted by atomic mass is 9.88. The van der Waals surface area contributed by atoms with Crippen molar-refractivity contribution in [3.05, 3.63) is 58.9 Å². The van der Waals surface area contributed by atoms with E-state index in [0.717, 1.165) is 48.4 Å². The van der Waals surface area contributed by atoms with Crippen molar-refractivity contribution >= 4 is 23.4 Å². The Morgan fingerprint density at radius 1 is 1.08 bits per heavy atom. The van der Waals surface area contributed by atoms with Gasteiger partial charge in [0.05, 0.1) is 13.1 Å². The van der Waals surface area contributed by atoms with Crippen LogP contribution in [0.2, 0.25) is 5.02 Å². The van der Waals surface area contributed by atoms with Crippen molar-refractivity contribution in [2.24, 2.45) is 11.8 Å². The molecule has 198 valence electrons. The Hall–Kier alpha value is -2.31. The van der Waals surface area contributed by atoms with Gasteiger partial charge in [-0.2, -0.15) is 0 Å². The summed E-state index contributed by atoms with van der Waals surface area (Å²) in [5, 5.41) is 0.736. The molecule has 0 radical (unpaired) electrons. The van der Waals surface area contributed by atoms with Gasteiger partial charge in [0.2, 0.25) is 11.8 Å². The van der Waals surface area contributed by atoms with Crippen molar-refractivity contribution in [3.63, 3.8) is 0 Å². The highest BCUT2D eigenvalue weighted by Gasteiger charge is 2.28. The summed E-state index contributed by atoms with van der Waals surface area (Å²) in [6.07, 6.45) is 8.00. The van der Waals surface area contributed by atoms with Gasteiger partial charge in [-0.25, -0.2) is 0 Å². The molecule has 0 aliphatic heterocycles. The second-order valence-corrected chi connectivity index (χ2v) is 10.7. The van der Waals surface area contributed by atoms with Gasteiger partial charge in [0.15, 0.2) is 0 Å². The second-order valence-electron chi connectivity index (χ2n) is 10.3. The fourth-order valence-electron chi connectivity index (χ4n) is 4.99. The predicted molar refractivity (Wildman–Crippen MR) is 145 cm³/mol. The van der Waals surface area contributed by atoms with Crippen LogP contribution < -0.4 is 0 Å². The minimum absolute atomic E-state index is 0.00392. The Bertz CT molecular complexity index is 968. The summed E-state index contributed by atoms with van der Waals surface area (Å²) in [6, 6.07) is 11.9. The van der Waals surface area contributed by atoms with Gasteiger partial charge in [-0.15, -0.1) is 0 Å². The number of amides is 2. The second kappa shape index (κ2) is 14.4. The number of methoxy groups -OCH3 is 1. The molecule has 3 rings (SSSR count). The molecule has 1 aliphatic rings. The average Bonchev–Trinajstić information content (AvgIpc) is 3.30. The number of hydrogen-bond acceptors (Lipinski definition) is 3. The molecule has 0 spiro atoms. The van der Waals surface area contributed by atoms with Crippen LogP contribution in [0.1, 0.15) is 63.6 Å². The zero-order valence-corrected chi connectivity index (χ0v) is 22.9. The van der Waals surface area contributed by atoms with E-state index in [9.17, 15) is 9.59 Å². The topological polar surface area (TPSA) is 54.8 Å². The highest BCUT2D eigenvalue weighted by Crippen LogP contribution is 2.26. The van der Waals surface area contributed by atoms with E-state index in [1.54, 1.807) is 12.0 Å². The average molecular weight is 516 g/mol. The lowest BCUT2D eigenvalue weighted by molar-refractivity contribution is -0.144. The third-order valence-corrected chi connectivity index (χ3v) is 7.25. The molecule has 2 amide bonds. The van der Waals surface area contributed by atoms with Gasteiger partial charge in [0.1, 0.15) is 0 Å². The summed E-state index contributed by atoms with van der Waals surface area (Å²) >= 11 is 6.40. The summed E-state index contributed by atoms with van der Waals surface area (Å²) in [5.41, 5.74) is 2.09. The lowest BCUT2D eigenvalue weighted by Crippen LogP contribution is -2.46. The van der Waals surface area contributed by atoms with Crippen LogP contribution in [-0.4, -0.2) is 59.5 Å². The third-order valence-electron chi connectivity index (χ3n) is 6.88. The molecule has 1 fully saturated rings. The van der Waals surface area contributed by atoms with E-state index in [1.165, 1.54) is 6.42 Å². The van der Waals surface area contributed by atoms with Gasteiger partial charge in [-0.05, 0) is 48.9 Å². The zero-order valence-electron chi connectivity index (χ0n) is 22.1. The number of halogens is 1. The van der Waals surface area contributed by atoms with E-state index in [1.807, 2.05) is 41.4 Å². The minimum Gasteiger partial charge on any atom is -0.385 e. The Balaban J connectivity index is 1.73. The van der Waals surface area contributed by atoms with Crippen molar-refractivity contribution in [2.45, 2.75) is 65.5 Å². The van der Waals surface area contributed by atoms with Crippen molar-refractivity contribution in [3.8, 4) is 0 Å². The molecule has 0 saturated heterocycles. The molecule has 0 N–H and O–H groups in total. The summed E-state index contributed by atoms with van der Waals surface area (Å²) in [7, 11) is 1.67. The molecule has 1 aliphatic carbocycles. The van der Waals surface area contributed by atoms with Crippen LogP contribution in [0.3, 0.4) is 0 Å². The van der Waals surface area contributed by atoms with Crippen LogP contribution in [-0.2, 0) is 27.4 Å². The van der Waals surface area contributed by atoms with E-state index in [-0.39, 0.29) is 24.3 Å². The number of rotatable bonds is 13. The number of nitrogens with zero attached hydrogens (tertiary/aromatic N) is 3. The molecular weight excluding hydrogens is 474 g/mol. The third kappa shape index (κ3) is 8.38. The normalized spacial score (nSPS) is 14.2. The zero-order chi connectivity index (χ0) is 25.9. The molecule has 1 aromatic heterocycles. The number of carbonyl (C=O) groups excluding carboxylic acids is 2. The number of carbonyl (C=O) groups is 2. The number of hydrogen-bond donors (Lipinski definition) is 0. The molecule has 0 bridgehead atoms. The van der Waals surface area contributed by atoms with Crippen LogP contribution in [0.25, 0.3) is 0 Å². The largest absolute Gasteiger partial charge is 0.385 e. The van der Waals surface area contributed by atoms with Crippen LogP contribution >= 0.6 is 11.6 Å². The first-order valence-corrected chi connectivity index (χ1v) is 13.7. The number of benzene rings is 1. The monoisotopic (exact) mass is 515 g/mol. The molecular formula is C29H42ClN3O3. The van der Waals surface area contributed by atoms with Crippen molar-refractivity contribution in [1.29, 1.82) is 0 Å². The first kappa shape index (κ1) is 28.3. The van der Waals surface area contributed by atoms with E-state index in [0.29, 0.717) is 38.7 Å². The molecule has 0 atom stereocenters. The SMILES string of the molecule is COCCCN(CC(=O)N(Cc1cccn1Cc1ccccc1Cl)CC(C)C)C(=O)C1CCCCC1. The van der Waals surface area contributed by atoms with Gasteiger partial charge in [0, 0.05) is 56.2 Å². The van der Waals surface area contributed by atoms with Crippen LogP contribution in [0.15, 0.2) is 42.6 Å². The Labute approximate surface area is 221 Å². The van der Waals surface area contributed by atoms with Crippen LogP contribution in [0.4, 0.5) is 0 Å². The van der Waals surface area contributed by atoms with E-state index < -0.39 is 0 Å². The van der Waals surface area contributed by atoms with Gasteiger partial charge in [-0.1, -0.05) is 62.9 Å². The van der Waals surface area contributed by atoms with Crippen LogP contribution in [0.5, 0.6) is 0 Å². The molecule has 1 saturated carbocycles. The van der Waals surface area contributed by atoms with Crippen LogP contribution in [0, 0.1) is 11.8 Å². The number of aromatic nitrogens is 1. The molecule has 6 nitrogen and oxygen atoms in total. The minimum atomic E-state index is -0.00392. The van der Waals surface area contributed by atoms with Gasteiger partial charge in [0.25, 0.3) is 0 Å². The van der Waals surface area contributed by atoms with Crippen molar-refractivity contribution < 1.29 is 14.3 Å². The summed E-state index contributed by atoms with van der Waals surface area (Å²) < 4.78 is 7.36. The Morgan fingerprint density at radius 3 is 2.53 bits per heavy atom. The van der Waals surface area contributed by atoms with E-state index in [2.05, 4.69) is 24.5 Å². The first-order valence-electron chi connectivity index (χ1n) is 13.3. The fourth-order valence-corrected chi connectivity index (χ4v) is 5.18. The van der Waals surface area contributed by atoms with Gasteiger partial charge in [-0.3, -0.25) is 9.59 Å². The smallest absolute Gasteiger partial charge is 0.242 e. The summed E-state index contributed by atoms with van der Waals surface area (Å²) in [4.78, 5) is 30.7. The molecule has 36 heavy (non-hydrogen) atoms. The molecule has 0 unspecified atom stereocenters. The standard InChI is InChI=1S/C29H42ClN3O3/c1-23(2)19-33(21-26-14-9-16-31(26)20-25-13-7-8-15-27(25)30)28(34)22-32(17-10-18-36-3)29(35)24-11-5-4-6-12-24/h7-9,13-16,23-24H,4-6,10-12,17-22H2,1-3H3. The Kier molecular flexibility index (Phi) is 11.3.